The number of piperazine rings is 1. The first-order chi connectivity index (χ1) is 13.2. The van der Waals surface area contributed by atoms with Gasteiger partial charge in [-0.05, 0) is 30.8 Å². The van der Waals surface area contributed by atoms with Crippen LogP contribution in [0.4, 0.5) is 10.7 Å². The van der Waals surface area contributed by atoms with E-state index in [1.54, 1.807) is 12.4 Å². The average Bonchev–Trinajstić information content (AvgIpc) is 2.73. The molecule has 1 aromatic heterocycles. The fourth-order valence-corrected chi connectivity index (χ4v) is 3.11. The fourth-order valence-electron chi connectivity index (χ4n) is 3.11. The lowest BCUT2D eigenvalue weighted by Crippen LogP contribution is -2.52. The number of benzene rings is 1. The Morgan fingerprint density at radius 3 is 2.52 bits per heavy atom. The molecule has 0 atom stereocenters. The molecule has 0 unspecified atom stereocenters. The largest absolute Gasteiger partial charge is 0.337 e. The molecule has 1 N–H and O–H groups in total. The maximum atomic E-state index is 12.5. The van der Waals surface area contributed by atoms with Crippen molar-refractivity contribution in [2.75, 3.05) is 44.7 Å². The van der Waals surface area contributed by atoms with Crippen molar-refractivity contribution in [3.8, 4) is 0 Å². The Labute approximate surface area is 161 Å². The number of anilines is 1. The van der Waals surface area contributed by atoms with Gasteiger partial charge in [-0.25, -0.2) is 14.8 Å². The average molecular weight is 368 g/mol. The molecule has 1 aliphatic rings. The zero-order valence-corrected chi connectivity index (χ0v) is 16.1. The lowest BCUT2D eigenvalue weighted by atomic mass is 10.1. The molecule has 1 saturated heterocycles. The van der Waals surface area contributed by atoms with Crippen LogP contribution in [0.3, 0.4) is 0 Å². The molecule has 0 aliphatic carbocycles. The lowest BCUT2D eigenvalue weighted by molar-refractivity contribution is 0.193. The summed E-state index contributed by atoms with van der Waals surface area (Å²) in [7, 11) is 2.11. The van der Waals surface area contributed by atoms with Crippen LogP contribution < -0.4 is 10.2 Å². The Hall–Kier alpha value is -2.67. The molecular weight excluding hydrogens is 340 g/mol. The van der Waals surface area contributed by atoms with Gasteiger partial charge in [0.25, 0.3) is 0 Å². The van der Waals surface area contributed by atoms with Gasteiger partial charge in [-0.1, -0.05) is 31.2 Å². The number of rotatable bonds is 6. The third-order valence-corrected chi connectivity index (χ3v) is 4.83. The Bertz CT molecular complexity index is 730. The molecule has 1 aliphatic heterocycles. The molecule has 0 radical (unpaired) electrons. The molecule has 0 spiro atoms. The fraction of sp³-hybridized carbons (Fsp3) is 0.450. The van der Waals surface area contributed by atoms with Gasteiger partial charge in [-0.2, -0.15) is 0 Å². The predicted molar refractivity (Wildman–Crippen MR) is 107 cm³/mol. The van der Waals surface area contributed by atoms with Gasteiger partial charge in [0.2, 0.25) is 5.95 Å². The monoisotopic (exact) mass is 368 g/mol. The number of amides is 2. The van der Waals surface area contributed by atoms with Gasteiger partial charge in [0.05, 0.1) is 0 Å². The first-order valence-corrected chi connectivity index (χ1v) is 9.47. The number of hydrogen-bond acceptors (Lipinski definition) is 5. The zero-order valence-electron chi connectivity index (χ0n) is 16.1. The molecule has 3 rings (SSSR count). The molecular formula is C20H28N6O. The van der Waals surface area contributed by atoms with E-state index in [0.717, 1.165) is 37.7 Å². The summed E-state index contributed by atoms with van der Waals surface area (Å²) < 4.78 is 0. The highest BCUT2D eigenvalue weighted by Crippen LogP contribution is 2.11. The summed E-state index contributed by atoms with van der Waals surface area (Å²) in [6.45, 7) is 7.46. The second-order valence-corrected chi connectivity index (χ2v) is 6.83. The van der Waals surface area contributed by atoms with Crippen LogP contribution in [-0.4, -0.2) is 65.6 Å². The zero-order chi connectivity index (χ0) is 19.1. The van der Waals surface area contributed by atoms with Crippen molar-refractivity contribution in [1.82, 2.24) is 25.1 Å². The van der Waals surface area contributed by atoms with Gasteiger partial charge in [0.15, 0.2) is 0 Å². The summed E-state index contributed by atoms with van der Waals surface area (Å²) in [5, 5.41) is 3.04. The standard InChI is InChI=1S/C20H28N6O/c1-3-24(2)16-18-7-4-6-17(14-18)15-23-20(27)26-12-10-25(11-13-26)19-21-8-5-9-22-19/h4-9,14H,3,10-13,15-16H2,1-2H3,(H,23,27). The van der Waals surface area contributed by atoms with Gasteiger partial charge in [0, 0.05) is 51.7 Å². The summed E-state index contributed by atoms with van der Waals surface area (Å²) in [6.07, 6.45) is 3.49. The van der Waals surface area contributed by atoms with Gasteiger partial charge in [0.1, 0.15) is 0 Å². The van der Waals surface area contributed by atoms with Crippen molar-refractivity contribution >= 4 is 12.0 Å². The third-order valence-electron chi connectivity index (χ3n) is 4.83. The van der Waals surface area contributed by atoms with Crippen LogP contribution in [0.25, 0.3) is 0 Å². The van der Waals surface area contributed by atoms with Gasteiger partial charge >= 0.3 is 6.03 Å². The van der Waals surface area contributed by atoms with E-state index in [-0.39, 0.29) is 6.03 Å². The molecule has 0 saturated carbocycles. The van der Waals surface area contributed by atoms with E-state index in [4.69, 9.17) is 0 Å². The van der Waals surface area contributed by atoms with Crippen LogP contribution in [0.15, 0.2) is 42.7 Å². The van der Waals surface area contributed by atoms with E-state index in [0.29, 0.717) is 19.6 Å². The van der Waals surface area contributed by atoms with Crippen molar-refractivity contribution in [3.63, 3.8) is 0 Å². The lowest BCUT2D eigenvalue weighted by Gasteiger charge is -2.34. The third kappa shape index (κ3) is 5.40. The van der Waals surface area contributed by atoms with Crippen LogP contribution in [0.2, 0.25) is 0 Å². The SMILES string of the molecule is CCN(C)Cc1cccc(CNC(=O)N2CCN(c3ncccn3)CC2)c1. The first kappa shape index (κ1) is 19.1. The van der Waals surface area contributed by atoms with E-state index in [1.165, 1.54) is 5.56 Å². The maximum absolute atomic E-state index is 12.5. The van der Waals surface area contributed by atoms with Crippen LogP contribution >= 0.6 is 0 Å². The van der Waals surface area contributed by atoms with E-state index in [1.807, 2.05) is 11.0 Å². The van der Waals surface area contributed by atoms with Gasteiger partial charge < -0.3 is 20.0 Å². The van der Waals surface area contributed by atoms with E-state index >= 15 is 0 Å². The summed E-state index contributed by atoms with van der Waals surface area (Å²) in [4.78, 5) is 27.3. The van der Waals surface area contributed by atoms with Crippen molar-refractivity contribution in [2.45, 2.75) is 20.0 Å². The summed E-state index contributed by atoms with van der Waals surface area (Å²) in [5.41, 5.74) is 2.39. The second kappa shape index (κ2) is 9.32. The highest BCUT2D eigenvalue weighted by molar-refractivity contribution is 5.74. The number of nitrogens with one attached hydrogen (secondary N) is 1. The minimum absolute atomic E-state index is 0.0142. The number of urea groups is 1. The molecule has 7 heteroatoms. The molecule has 2 amide bonds. The summed E-state index contributed by atoms with van der Waals surface area (Å²) >= 11 is 0. The van der Waals surface area contributed by atoms with E-state index < -0.39 is 0 Å². The topological polar surface area (TPSA) is 64.6 Å². The Morgan fingerprint density at radius 1 is 1.11 bits per heavy atom. The molecule has 1 fully saturated rings. The molecule has 2 heterocycles. The normalized spacial score (nSPS) is 14.5. The number of carbonyl (C=O) groups excluding carboxylic acids is 1. The highest BCUT2D eigenvalue weighted by Gasteiger charge is 2.22. The molecule has 7 nitrogen and oxygen atoms in total. The van der Waals surface area contributed by atoms with Crippen molar-refractivity contribution < 1.29 is 4.79 Å². The van der Waals surface area contributed by atoms with E-state index in [2.05, 4.69) is 63.3 Å². The minimum atomic E-state index is -0.0142. The van der Waals surface area contributed by atoms with Crippen LogP contribution in [0, 0.1) is 0 Å². The first-order valence-electron chi connectivity index (χ1n) is 9.47. The van der Waals surface area contributed by atoms with Crippen molar-refractivity contribution in [1.29, 1.82) is 0 Å². The number of aromatic nitrogens is 2. The second-order valence-electron chi connectivity index (χ2n) is 6.83. The van der Waals surface area contributed by atoms with Crippen LogP contribution in [0.5, 0.6) is 0 Å². The quantitative estimate of drug-likeness (QED) is 0.844. The highest BCUT2D eigenvalue weighted by atomic mass is 16.2. The van der Waals surface area contributed by atoms with Crippen molar-refractivity contribution in [3.05, 3.63) is 53.9 Å². The maximum Gasteiger partial charge on any atom is 0.317 e. The summed E-state index contributed by atoms with van der Waals surface area (Å²) in [5.74, 6) is 0.728. The molecule has 2 aromatic rings. The Balaban J connectivity index is 1.47. The predicted octanol–water partition coefficient (Wildman–Crippen LogP) is 1.96. The molecule has 1 aromatic carbocycles. The van der Waals surface area contributed by atoms with Crippen molar-refractivity contribution in [2.24, 2.45) is 0 Å². The molecule has 27 heavy (non-hydrogen) atoms. The molecule has 144 valence electrons. The molecule has 0 bridgehead atoms. The smallest absolute Gasteiger partial charge is 0.317 e. The Kier molecular flexibility index (Phi) is 6.59. The van der Waals surface area contributed by atoms with Gasteiger partial charge in [-0.3, -0.25) is 0 Å². The van der Waals surface area contributed by atoms with Crippen LogP contribution in [0.1, 0.15) is 18.1 Å². The van der Waals surface area contributed by atoms with E-state index in [9.17, 15) is 4.79 Å². The Morgan fingerprint density at radius 2 is 1.81 bits per heavy atom. The van der Waals surface area contributed by atoms with Crippen LogP contribution in [-0.2, 0) is 13.1 Å². The number of hydrogen-bond donors (Lipinski definition) is 1. The minimum Gasteiger partial charge on any atom is -0.337 e. The van der Waals surface area contributed by atoms with Gasteiger partial charge in [-0.15, -0.1) is 0 Å². The number of nitrogens with zero attached hydrogens (tertiary/aromatic N) is 5. The summed E-state index contributed by atoms with van der Waals surface area (Å²) in [6, 6.07) is 10.2. The number of carbonyl (C=O) groups is 1.